The topological polar surface area (TPSA) is 43.6 Å². The third kappa shape index (κ3) is 6.26. The number of para-hydroxylation sites is 1. The van der Waals surface area contributed by atoms with Crippen molar-refractivity contribution < 1.29 is 0 Å². The lowest BCUT2D eigenvalue weighted by Gasteiger charge is -2.23. The van der Waals surface area contributed by atoms with Gasteiger partial charge in [-0.1, -0.05) is 220 Å². The van der Waals surface area contributed by atoms with Gasteiger partial charge in [0.1, 0.15) is 0 Å². The van der Waals surface area contributed by atoms with Crippen molar-refractivity contribution in [2.75, 3.05) is 0 Å². The average molecular weight is 819 g/mol. The van der Waals surface area contributed by atoms with Gasteiger partial charge in [0.15, 0.2) is 11.6 Å². The Hall–Kier alpha value is -8.21. The first-order valence-electron chi connectivity index (χ1n) is 21.9. The van der Waals surface area contributed by atoms with Crippen LogP contribution in [0.2, 0.25) is 0 Å². The summed E-state index contributed by atoms with van der Waals surface area (Å²) < 4.78 is 2.29. The monoisotopic (exact) mass is 818 g/mol. The fraction of sp³-hybridized carbons (Fsp3) is 0.0500. The van der Waals surface area contributed by atoms with Crippen molar-refractivity contribution in [2.24, 2.45) is 0 Å². The summed E-state index contributed by atoms with van der Waals surface area (Å²) in [5.74, 6) is 1.82. The van der Waals surface area contributed by atoms with E-state index < -0.39 is 0 Å². The molecule has 12 rings (SSSR count). The van der Waals surface area contributed by atoms with Crippen LogP contribution in [0.25, 0.3) is 106 Å². The number of rotatable bonds is 7. The van der Waals surface area contributed by atoms with Crippen LogP contribution in [0.3, 0.4) is 0 Å². The number of hydrogen-bond donors (Lipinski definition) is 0. The van der Waals surface area contributed by atoms with Crippen molar-refractivity contribution in [3.63, 3.8) is 0 Å². The quantitative estimate of drug-likeness (QED) is 0.161. The van der Waals surface area contributed by atoms with Gasteiger partial charge in [-0.2, -0.15) is 9.97 Å². The molecule has 0 amide bonds. The average Bonchev–Trinajstić information content (AvgIpc) is 3.83. The number of fused-ring (bicyclic) bond motifs is 7. The van der Waals surface area contributed by atoms with E-state index in [0.717, 1.165) is 38.9 Å². The highest BCUT2D eigenvalue weighted by atomic mass is 15.2. The molecule has 0 saturated heterocycles. The second-order valence-electron chi connectivity index (χ2n) is 17.2. The van der Waals surface area contributed by atoms with E-state index in [1.165, 1.54) is 60.8 Å². The predicted octanol–water partition coefficient (Wildman–Crippen LogP) is 15.3. The molecule has 1 aliphatic rings. The molecular formula is C60H42N4. The fourth-order valence-electron chi connectivity index (χ4n) is 9.86. The van der Waals surface area contributed by atoms with Crippen molar-refractivity contribution in [1.82, 2.24) is 19.5 Å². The van der Waals surface area contributed by atoms with E-state index in [1.807, 2.05) is 6.07 Å². The van der Waals surface area contributed by atoms with Crippen molar-refractivity contribution >= 4 is 21.8 Å². The zero-order chi connectivity index (χ0) is 42.8. The molecule has 0 unspecified atom stereocenters. The molecule has 4 nitrogen and oxygen atoms in total. The molecule has 2 heterocycles. The van der Waals surface area contributed by atoms with Crippen molar-refractivity contribution in [2.45, 2.75) is 19.3 Å². The summed E-state index contributed by atoms with van der Waals surface area (Å²) in [6.45, 7) is 4.69. The minimum atomic E-state index is -0.251. The molecule has 302 valence electrons. The van der Waals surface area contributed by atoms with Crippen LogP contribution >= 0.6 is 0 Å². The highest BCUT2D eigenvalue weighted by molar-refractivity contribution is 6.13. The van der Waals surface area contributed by atoms with Gasteiger partial charge in [0.25, 0.3) is 0 Å². The highest BCUT2D eigenvalue weighted by Gasteiger charge is 2.38. The first-order valence-corrected chi connectivity index (χ1v) is 21.9. The largest absolute Gasteiger partial charge is 0.277 e. The van der Waals surface area contributed by atoms with E-state index in [2.05, 4.69) is 231 Å². The fourth-order valence-corrected chi connectivity index (χ4v) is 9.86. The maximum absolute atomic E-state index is 5.42. The standard InChI is InChI=1S/C60H42N4/c1-60(2)53-22-11-9-20-49(53)51-36-37-52-50-21-10-12-23-54(50)64(56(52)55(51)60)59-62-57(46-34-32-42(33-35-46)40-16-7-4-8-17-40)61-58(63-59)48-19-13-18-47(38-48)45-30-28-44(29-31-45)43-26-24-41(25-27-43)39-14-5-3-6-15-39/h3-38H,1-2H3. The lowest BCUT2D eigenvalue weighted by molar-refractivity contribution is 0.663. The summed E-state index contributed by atoms with van der Waals surface area (Å²) in [5, 5.41) is 2.35. The molecule has 9 aromatic carbocycles. The van der Waals surface area contributed by atoms with Crippen molar-refractivity contribution in [3.05, 3.63) is 230 Å². The van der Waals surface area contributed by atoms with Gasteiger partial charge in [-0.25, -0.2) is 4.98 Å². The summed E-state index contributed by atoms with van der Waals surface area (Å²) in [6.07, 6.45) is 0. The molecule has 0 bridgehead atoms. The van der Waals surface area contributed by atoms with Gasteiger partial charge in [0.05, 0.1) is 11.0 Å². The van der Waals surface area contributed by atoms with Crippen LogP contribution in [0.15, 0.2) is 218 Å². The first kappa shape index (κ1) is 37.5. The minimum absolute atomic E-state index is 0.251. The maximum Gasteiger partial charge on any atom is 0.238 e. The highest BCUT2D eigenvalue weighted by Crippen LogP contribution is 2.53. The third-order valence-electron chi connectivity index (χ3n) is 13.1. The molecule has 0 spiro atoms. The summed E-state index contributed by atoms with van der Waals surface area (Å²) in [7, 11) is 0. The second kappa shape index (κ2) is 15.0. The summed E-state index contributed by atoms with van der Waals surface area (Å²) >= 11 is 0. The Labute approximate surface area is 372 Å². The van der Waals surface area contributed by atoms with Crippen LogP contribution < -0.4 is 0 Å². The van der Waals surface area contributed by atoms with Crippen LogP contribution in [0.1, 0.15) is 25.0 Å². The molecule has 64 heavy (non-hydrogen) atoms. The lowest BCUT2D eigenvalue weighted by atomic mass is 9.81. The van der Waals surface area contributed by atoms with Gasteiger partial charge >= 0.3 is 0 Å². The number of benzene rings is 9. The van der Waals surface area contributed by atoms with Crippen LogP contribution in [0, 0.1) is 0 Å². The molecular weight excluding hydrogens is 777 g/mol. The Morgan fingerprint density at radius 3 is 1.44 bits per heavy atom. The zero-order valence-corrected chi connectivity index (χ0v) is 35.6. The van der Waals surface area contributed by atoms with E-state index >= 15 is 0 Å². The second-order valence-corrected chi connectivity index (χ2v) is 17.2. The number of hydrogen-bond acceptors (Lipinski definition) is 3. The SMILES string of the molecule is CC1(C)c2ccccc2-c2ccc3c4ccccc4n(-c4nc(-c5ccc(-c6ccccc6)cc5)nc(-c5cccc(-c6ccc(-c7ccc(-c8ccccc8)cc7)cc6)c5)n4)c3c21. The van der Waals surface area contributed by atoms with Crippen molar-refractivity contribution in [3.8, 4) is 84.4 Å². The minimum Gasteiger partial charge on any atom is -0.277 e. The Morgan fingerprint density at radius 1 is 0.344 bits per heavy atom. The van der Waals surface area contributed by atoms with Crippen LogP contribution in [0.4, 0.5) is 0 Å². The van der Waals surface area contributed by atoms with Crippen LogP contribution in [-0.2, 0) is 5.41 Å². The summed E-state index contributed by atoms with van der Waals surface area (Å²) in [5.41, 5.74) is 18.2. The summed E-state index contributed by atoms with van der Waals surface area (Å²) in [4.78, 5) is 16.1. The van der Waals surface area contributed by atoms with Gasteiger partial charge in [-0.05, 0) is 78.9 Å². The third-order valence-corrected chi connectivity index (χ3v) is 13.1. The number of nitrogens with zero attached hydrogens (tertiary/aromatic N) is 4. The van der Waals surface area contributed by atoms with E-state index in [9.17, 15) is 0 Å². The van der Waals surface area contributed by atoms with Crippen molar-refractivity contribution in [1.29, 1.82) is 0 Å². The Balaban J connectivity index is 0.999. The van der Waals surface area contributed by atoms with Gasteiger partial charge < -0.3 is 0 Å². The molecule has 0 atom stereocenters. The molecule has 0 fully saturated rings. The van der Waals surface area contributed by atoms with E-state index in [-0.39, 0.29) is 5.41 Å². The lowest BCUT2D eigenvalue weighted by Crippen LogP contribution is -2.17. The van der Waals surface area contributed by atoms with Gasteiger partial charge in [-0.3, -0.25) is 4.57 Å². The molecule has 4 heteroatoms. The van der Waals surface area contributed by atoms with Gasteiger partial charge in [0.2, 0.25) is 5.95 Å². The molecule has 11 aromatic rings. The normalized spacial score (nSPS) is 12.7. The first-order chi connectivity index (χ1) is 31.5. The van der Waals surface area contributed by atoms with E-state index in [4.69, 9.17) is 15.0 Å². The van der Waals surface area contributed by atoms with E-state index in [0.29, 0.717) is 17.6 Å². The van der Waals surface area contributed by atoms with Gasteiger partial charge in [0, 0.05) is 27.3 Å². The van der Waals surface area contributed by atoms with E-state index in [1.54, 1.807) is 0 Å². The van der Waals surface area contributed by atoms with Crippen LogP contribution in [0.5, 0.6) is 0 Å². The Bertz CT molecular complexity index is 3530. The zero-order valence-electron chi connectivity index (χ0n) is 35.6. The maximum atomic E-state index is 5.42. The Morgan fingerprint density at radius 2 is 0.812 bits per heavy atom. The van der Waals surface area contributed by atoms with Gasteiger partial charge in [-0.15, -0.1) is 0 Å². The molecule has 1 aliphatic carbocycles. The summed E-state index contributed by atoms with van der Waals surface area (Å²) in [6, 6.07) is 77.8. The molecule has 0 aliphatic heterocycles. The molecule has 0 N–H and O–H groups in total. The van der Waals surface area contributed by atoms with Crippen LogP contribution in [-0.4, -0.2) is 19.5 Å². The smallest absolute Gasteiger partial charge is 0.238 e. The Kier molecular flexibility index (Phi) is 8.80. The molecule has 0 saturated carbocycles. The predicted molar refractivity (Wildman–Crippen MR) is 264 cm³/mol. The number of aromatic nitrogens is 4. The molecule has 2 aromatic heterocycles. The molecule has 0 radical (unpaired) electrons.